The fourth-order valence-corrected chi connectivity index (χ4v) is 7.07. The second-order valence-electron chi connectivity index (χ2n) is 12.8. The average Bonchev–Trinajstić information content (AvgIpc) is 3.79. The van der Waals surface area contributed by atoms with E-state index in [9.17, 15) is 9.59 Å². The average molecular weight is 585 g/mol. The zero-order valence-electron chi connectivity index (χ0n) is 25.7. The van der Waals surface area contributed by atoms with E-state index < -0.39 is 0 Å². The van der Waals surface area contributed by atoms with E-state index in [1.54, 1.807) is 7.11 Å². The molecule has 0 aliphatic heterocycles. The number of methoxy groups -OCH3 is 2. The van der Waals surface area contributed by atoms with Crippen LogP contribution in [-0.2, 0) is 14.3 Å². The van der Waals surface area contributed by atoms with Crippen LogP contribution in [0.15, 0.2) is 48.8 Å². The predicted octanol–water partition coefficient (Wildman–Crippen LogP) is 6.88. The van der Waals surface area contributed by atoms with Gasteiger partial charge in [-0.2, -0.15) is 5.10 Å². The van der Waals surface area contributed by atoms with Crippen molar-refractivity contribution in [1.82, 2.24) is 14.8 Å². The number of rotatable bonds is 9. The number of anilines is 1. The van der Waals surface area contributed by atoms with Gasteiger partial charge in [-0.1, -0.05) is 12.1 Å². The number of aryl methyl sites for hydroxylation is 1. The van der Waals surface area contributed by atoms with Gasteiger partial charge >= 0.3 is 5.97 Å². The number of carbonyl (C=O) groups excluding carboxylic acids is 2. The van der Waals surface area contributed by atoms with Crippen LogP contribution in [0.5, 0.6) is 5.75 Å². The molecule has 3 fully saturated rings. The molecule has 2 heterocycles. The molecule has 3 aliphatic carbocycles. The third-order valence-electron chi connectivity index (χ3n) is 9.88. The Bertz CT molecular complexity index is 1430. The number of esters is 1. The number of hydrogen-bond donors (Lipinski definition) is 0. The van der Waals surface area contributed by atoms with Crippen LogP contribution in [0.2, 0.25) is 0 Å². The Morgan fingerprint density at radius 1 is 0.907 bits per heavy atom. The number of benzene rings is 1. The lowest BCUT2D eigenvalue weighted by Gasteiger charge is -2.36. The molecule has 0 spiro atoms. The number of ether oxygens (including phenoxy) is 2. The molecule has 3 saturated carbocycles. The Labute approximate surface area is 254 Å². The maximum atomic E-state index is 14.2. The molecule has 3 aromatic rings. The normalized spacial score (nSPS) is 23.9. The topological polar surface area (TPSA) is 86.6 Å². The Morgan fingerprint density at radius 2 is 1.65 bits per heavy atom. The van der Waals surface area contributed by atoms with Gasteiger partial charge in [0.2, 0.25) is 5.91 Å². The monoisotopic (exact) mass is 584 g/mol. The summed E-state index contributed by atoms with van der Waals surface area (Å²) in [6.45, 7) is 2.71. The van der Waals surface area contributed by atoms with Crippen LogP contribution >= 0.6 is 0 Å². The summed E-state index contributed by atoms with van der Waals surface area (Å²) in [6.07, 6.45) is 13.6. The summed E-state index contributed by atoms with van der Waals surface area (Å²) in [7, 11) is 3.13. The van der Waals surface area contributed by atoms with Crippen molar-refractivity contribution in [1.29, 1.82) is 0 Å². The highest BCUT2D eigenvalue weighted by molar-refractivity contribution is 5.96. The number of amides is 1. The summed E-state index contributed by atoms with van der Waals surface area (Å²) in [5.41, 5.74) is 5.20. The summed E-state index contributed by atoms with van der Waals surface area (Å²) in [5.74, 6) is 1.54. The van der Waals surface area contributed by atoms with E-state index in [-0.39, 0.29) is 23.7 Å². The molecule has 0 bridgehead atoms. The van der Waals surface area contributed by atoms with E-state index >= 15 is 0 Å². The first-order valence-electron chi connectivity index (χ1n) is 16.0. The number of hydrogen-bond acceptors (Lipinski definition) is 6. The van der Waals surface area contributed by atoms with Gasteiger partial charge in [-0.05, 0) is 107 Å². The SMILES string of the molecule is COC(=O)C1CCC(C(=O)N(CC2CCC(c3ccc(OC)c(C)n3)CC2)c2cccc(-c3cnn(C4CC4)c3)c2)CC1. The summed E-state index contributed by atoms with van der Waals surface area (Å²) in [6, 6.07) is 13.1. The number of nitrogens with zero attached hydrogens (tertiary/aromatic N) is 4. The molecule has 6 rings (SSSR count). The van der Waals surface area contributed by atoms with Crippen molar-refractivity contribution in [3.63, 3.8) is 0 Å². The first-order valence-corrected chi connectivity index (χ1v) is 16.0. The van der Waals surface area contributed by atoms with E-state index in [1.807, 2.05) is 19.2 Å². The molecule has 0 unspecified atom stereocenters. The second-order valence-corrected chi connectivity index (χ2v) is 12.8. The molecule has 0 atom stereocenters. The molecular formula is C35H44N4O4. The zero-order chi connectivity index (χ0) is 29.9. The van der Waals surface area contributed by atoms with Gasteiger partial charge in [-0.3, -0.25) is 19.3 Å². The minimum Gasteiger partial charge on any atom is -0.495 e. The van der Waals surface area contributed by atoms with Crippen LogP contribution in [0.3, 0.4) is 0 Å². The summed E-state index contributed by atoms with van der Waals surface area (Å²) < 4.78 is 12.5. The molecule has 2 aromatic heterocycles. The highest BCUT2D eigenvalue weighted by Gasteiger charge is 2.35. The first kappa shape index (κ1) is 29.4. The fourth-order valence-electron chi connectivity index (χ4n) is 7.07. The summed E-state index contributed by atoms with van der Waals surface area (Å²) in [4.78, 5) is 33.2. The highest BCUT2D eigenvalue weighted by atomic mass is 16.5. The first-order chi connectivity index (χ1) is 20.9. The van der Waals surface area contributed by atoms with Gasteiger partial charge in [-0.25, -0.2) is 0 Å². The molecule has 1 aromatic carbocycles. The third-order valence-corrected chi connectivity index (χ3v) is 9.88. The maximum absolute atomic E-state index is 14.2. The van der Waals surface area contributed by atoms with E-state index in [2.05, 4.69) is 51.2 Å². The largest absolute Gasteiger partial charge is 0.495 e. The fraction of sp³-hybridized carbons (Fsp3) is 0.543. The lowest BCUT2D eigenvalue weighted by molar-refractivity contribution is -0.147. The van der Waals surface area contributed by atoms with Crippen molar-refractivity contribution in [3.05, 3.63) is 60.2 Å². The van der Waals surface area contributed by atoms with Gasteiger partial charge in [-0.15, -0.1) is 0 Å². The van der Waals surface area contributed by atoms with Gasteiger partial charge in [0.1, 0.15) is 5.75 Å². The number of carbonyl (C=O) groups is 2. The van der Waals surface area contributed by atoms with Crippen LogP contribution in [0.4, 0.5) is 5.69 Å². The van der Waals surface area contributed by atoms with Gasteiger partial charge in [0.25, 0.3) is 0 Å². The maximum Gasteiger partial charge on any atom is 0.308 e. The smallest absolute Gasteiger partial charge is 0.308 e. The Kier molecular flexibility index (Phi) is 8.82. The Balaban J connectivity index is 1.19. The molecule has 228 valence electrons. The van der Waals surface area contributed by atoms with Crippen molar-refractivity contribution in [2.75, 3.05) is 25.7 Å². The van der Waals surface area contributed by atoms with Gasteiger partial charge < -0.3 is 14.4 Å². The lowest BCUT2D eigenvalue weighted by Crippen LogP contribution is -2.42. The van der Waals surface area contributed by atoms with Gasteiger partial charge in [0.05, 0.1) is 38.1 Å². The van der Waals surface area contributed by atoms with Crippen molar-refractivity contribution < 1.29 is 19.1 Å². The summed E-state index contributed by atoms with van der Waals surface area (Å²) in [5, 5.41) is 4.59. The van der Waals surface area contributed by atoms with Crippen molar-refractivity contribution in [2.24, 2.45) is 17.8 Å². The lowest BCUT2D eigenvalue weighted by atomic mass is 9.79. The zero-order valence-corrected chi connectivity index (χ0v) is 25.7. The third kappa shape index (κ3) is 6.63. The molecule has 0 radical (unpaired) electrons. The Morgan fingerprint density at radius 3 is 2.33 bits per heavy atom. The predicted molar refractivity (Wildman–Crippen MR) is 166 cm³/mol. The molecular weight excluding hydrogens is 540 g/mol. The second kappa shape index (κ2) is 12.9. The van der Waals surface area contributed by atoms with Crippen LogP contribution in [-0.4, -0.2) is 47.4 Å². The molecule has 3 aliphatic rings. The molecule has 43 heavy (non-hydrogen) atoms. The van der Waals surface area contributed by atoms with Crippen LogP contribution < -0.4 is 9.64 Å². The molecule has 0 saturated heterocycles. The van der Waals surface area contributed by atoms with Crippen molar-refractivity contribution in [2.45, 2.75) is 83.1 Å². The van der Waals surface area contributed by atoms with Crippen LogP contribution in [0.25, 0.3) is 11.1 Å². The minimum absolute atomic E-state index is 0.0787. The van der Waals surface area contributed by atoms with Crippen LogP contribution in [0, 0.1) is 24.7 Å². The molecule has 0 N–H and O–H groups in total. The molecule has 8 nitrogen and oxygen atoms in total. The van der Waals surface area contributed by atoms with E-state index in [1.165, 1.54) is 20.0 Å². The quantitative estimate of drug-likeness (QED) is 0.255. The molecule has 1 amide bonds. The van der Waals surface area contributed by atoms with E-state index in [0.29, 0.717) is 37.3 Å². The van der Waals surface area contributed by atoms with Gasteiger partial charge in [0, 0.05) is 41.5 Å². The number of pyridine rings is 1. The minimum atomic E-state index is -0.152. The van der Waals surface area contributed by atoms with Crippen molar-refractivity contribution in [3.8, 4) is 16.9 Å². The van der Waals surface area contributed by atoms with Crippen molar-refractivity contribution >= 4 is 17.6 Å². The molecule has 8 heteroatoms. The summed E-state index contributed by atoms with van der Waals surface area (Å²) >= 11 is 0. The van der Waals surface area contributed by atoms with Crippen LogP contribution in [0.1, 0.15) is 87.6 Å². The standard InChI is InChI=1S/C35H44N4O4/c1-23-33(42-2)18-17-32(37-23)25-9-7-24(8-10-25)21-38(34(40)26-11-13-27(14-12-26)35(41)43-3)31-6-4-5-28(19-31)29-20-36-39(22-29)30-15-16-30/h4-6,17-20,22,24-27,30H,7-16,21H2,1-3H3. The van der Waals surface area contributed by atoms with E-state index in [0.717, 1.165) is 72.5 Å². The highest BCUT2D eigenvalue weighted by Crippen LogP contribution is 2.39. The number of aromatic nitrogens is 3. The van der Waals surface area contributed by atoms with E-state index in [4.69, 9.17) is 14.5 Å². The Hall–Kier alpha value is -3.68. The van der Waals surface area contributed by atoms with Gasteiger partial charge in [0.15, 0.2) is 0 Å².